The van der Waals surface area contributed by atoms with Gasteiger partial charge in [0.1, 0.15) is 5.60 Å². The Morgan fingerprint density at radius 1 is 0.583 bits per heavy atom. The standard InChI is InChI=1S/C31H31NO.2C7H7.Zr/c1-20(2)24-15-10-16-25(21(3)4)29(24)32-30-26-17-8-13-23-14-9-18-27(28(23)26)31(30,33)19-22-11-6-5-7-12-22;2*1-7-5-3-2-4-6-7;/h5-18,20-21,33H,19H2,1-4H3;2*2-6H,1H2;/q;2*-1;+2. The van der Waals surface area contributed by atoms with Crippen molar-refractivity contribution in [1.82, 2.24) is 0 Å². The molecule has 0 saturated heterocycles. The molecule has 0 saturated carbocycles. The van der Waals surface area contributed by atoms with Crippen molar-refractivity contribution in [3.05, 3.63) is 198 Å². The molecule has 3 heteroatoms. The Morgan fingerprint density at radius 3 is 1.50 bits per heavy atom. The fraction of sp³-hybridized carbons (Fsp3) is 0.178. The van der Waals surface area contributed by atoms with Gasteiger partial charge in [-0.3, -0.25) is 0 Å². The number of para-hydroxylation sites is 1. The van der Waals surface area contributed by atoms with E-state index in [1.165, 1.54) is 11.1 Å². The number of aliphatic hydroxyl groups is 1. The van der Waals surface area contributed by atoms with Crippen molar-refractivity contribution in [1.29, 1.82) is 0 Å². The van der Waals surface area contributed by atoms with E-state index in [1.54, 1.807) is 0 Å². The van der Waals surface area contributed by atoms with Crippen LogP contribution in [0, 0.1) is 13.8 Å². The van der Waals surface area contributed by atoms with Gasteiger partial charge in [0.15, 0.2) is 0 Å². The van der Waals surface area contributed by atoms with Gasteiger partial charge in [-0.25, -0.2) is 4.99 Å². The van der Waals surface area contributed by atoms with Crippen molar-refractivity contribution in [3.8, 4) is 0 Å². The van der Waals surface area contributed by atoms with Crippen molar-refractivity contribution in [3.63, 3.8) is 0 Å². The van der Waals surface area contributed by atoms with Gasteiger partial charge in [0.2, 0.25) is 0 Å². The molecule has 1 N–H and O–H groups in total. The SMILES string of the molecule is CC(C)c1cccc(C(C)C)c1N=C1c2cccc3cccc(c23)C1(O)Cc1ccccc1.[CH2-]c1ccccc1.[CH2-]c1ccccc1.[Zr+2]. The molecular weight excluding hydrogens is 662 g/mol. The van der Waals surface area contributed by atoms with E-state index in [9.17, 15) is 5.11 Å². The molecule has 1 unspecified atom stereocenters. The van der Waals surface area contributed by atoms with Crippen molar-refractivity contribution < 1.29 is 31.3 Å². The maximum atomic E-state index is 12.4. The number of hydrogen-bond donors (Lipinski definition) is 1. The van der Waals surface area contributed by atoms with Gasteiger partial charge in [-0.15, -0.1) is 24.3 Å². The largest absolute Gasteiger partial charge is 2.00 e. The molecular formula is C45H45NOZr. The first-order valence-electron chi connectivity index (χ1n) is 16.4. The minimum atomic E-state index is -1.19. The molecule has 0 spiro atoms. The maximum absolute atomic E-state index is 12.4. The van der Waals surface area contributed by atoms with E-state index in [2.05, 4.69) is 102 Å². The van der Waals surface area contributed by atoms with Crippen LogP contribution in [0.1, 0.15) is 78.5 Å². The summed E-state index contributed by atoms with van der Waals surface area (Å²) in [6, 6.07) is 49.0. The van der Waals surface area contributed by atoms with Gasteiger partial charge in [0, 0.05) is 12.0 Å². The number of benzene rings is 6. The quantitative estimate of drug-likeness (QED) is 0.178. The summed E-state index contributed by atoms with van der Waals surface area (Å²) in [5.74, 6) is 0.676. The van der Waals surface area contributed by atoms with E-state index in [4.69, 9.17) is 4.99 Å². The van der Waals surface area contributed by atoms with Crippen LogP contribution in [0.3, 0.4) is 0 Å². The Labute approximate surface area is 306 Å². The molecule has 48 heavy (non-hydrogen) atoms. The minimum absolute atomic E-state index is 0. The molecule has 6 aromatic carbocycles. The van der Waals surface area contributed by atoms with Gasteiger partial charge < -0.3 is 5.11 Å². The van der Waals surface area contributed by atoms with E-state index in [0.717, 1.165) is 50.0 Å². The first-order chi connectivity index (χ1) is 22.7. The van der Waals surface area contributed by atoms with E-state index >= 15 is 0 Å². The van der Waals surface area contributed by atoms with Gasteiger partial charge >= 0.3 is 26.2 Å². The van der Waals surface area contributed by atoms with Crippen LogP contribution in [0.5, 0.6) is 0 Å². The molecule has 0 amide bonds. The predicted molar refractivity (Wildman–Crippen MR) is 201 cm³/mol. The number of hydrogen-bond acceptors (Lipinski definition) is 2. The smallest absolute Gasteiger partial charge is 0.378 e. The van der Waals surface area contributed by atoms with Gasteiger partial charge in [-0.05, 0) is 44.9 Å². The van der Waals surface area contributed by atoms with Crippen LogP contribution in [0.4, 0.5) is 5.69 Å². The average Bonchev–Trinajstić information content (AvgIpc) is 3.30. The van der Waals surface area contributed by atoms with Crippen LogP contribution >= 0.6 is 0 Å². The number of aliphatic imine (C=N–C) groups is 1. The fourth-order valence-corrected chi connectivity index (χ4v) is 6.16. The third kappa shape index (κ3) is 8.45. The second-order valence-electron chi connectivity index (χ2n) is 12.8. The van der Waals surface area contributed by atoms with Gasteiger partial charge in [0.05, 0.1) is 11.4 Å². The first kappa shape index (κ1) is 36.7. The zero-order valence-corrected chi connectivity index (χ0v) is 31.0. The van der Waals surface area contributed by atoms with Crippen molar-refractivity contribution in [2.45, 2.75) is 51.6 Å². The minimum Gasteiger partial charge on any atom is -0.378 e. The summed E-state index contributed by atoms with van der Waals surface area (Å²) in [5.41, 5.74) is 8.24. The fourth-order valence-electron chi connectivity index (χ4n) is 6.16. The molecule has 7 rings (SSSR count). The van der Waals surface area contributed by atoms with Crippen molar-refractivity contribution >= 4 is 22.2 Å². The van der Waals surface area contributed by atoms with Crippen molar-refractivity contribution in [2.75, 3.05) is 0 Å². The summed E-state index contributed by atoms with van der Waals surface area (Å²) in [6.45, 7) is 16.3. The maximum Gasteiger partial charge on any atom is 2.00 e. The molecule has 1 atom stereocenters. The van der Waals surface area contributed by atoms with Crippen LogP contribution in [0.25, 0.3) is 10.8 Å². The average molecular weight is 707 g/mol. The Kier molecular flexibility index (Phi) is 12.8. The van der Waals surface area contributed by atoms with E-state index in [-0.39, 0.29) is 26.2 Å². The molecule has 0 bridgehead atoms. The van der Waals surface area contributed by atoms with Crippen LogP contribution in [0.2, 0.25) is 0 Å². The third-order valence-electron chi connectivity index (χ3n) is 8.55. The van der Waals surface area contributed by atoms with Crippen molar-refractivity contribution in [2.24, 2.45) is 4.99 Å². The van der Waals surface area contributed by atoms with E-state index in [0.29, 0.717) is 18.3 Å². The molecule has 0 aromatic heterocycles. The molecule has 0 fully saturated rings. The molecule has 1 aliphatic carbocycles. The Balaban J connectivity index is 0.000000286. The van der Waals surface area contributed by atoms with Crippen LogP contribution < -0.4 is 0 Å². The first-order valence-corrected chi connectivity index (χ1v) is 16.4. The zero-order chi connectivity index (χ0) is 33.4. The normalized spacial score (nSPS) is 15.4. The van der Waals surface area contributed by atoms with E-state index in [1.807, 2.05) is 84.9 Å². The van der Waals surface area contributed by atoms with Crippen LogP contribution in [0.15, 0.2) is 151 Å². The summed E-state index contributed by atoms with van der Waals surface area (Å²) in [5, 5.41) is 14.7. The molecule has 240 valence electrons. The van der Waals surface area contributed by atoms with E-state index < -0.39 is 5.60 Å². The predicted octanol–water partition coefficient (Wildman–Crippen LogP) is 11.4. The topological polar surface area (TPSA) is 32.6 Å². The molecule has 0 aliphatic heterocycles. The second kappa shape index (κ2) is 16.8. The van der Waals surface area contributed by atoms with Gasteiger partial charge in [-0.2, -0.15) is 49.2 Å². The Hall–Kier alpha value is -4.17. The number of rotatable bonds is 5. The van der Waals surface area contributed by atoms with Gasteiger partial charge in [0.25, 0.3) is 0 Å². The molecule has 0 radical (unpaired) electrons. The molecule has 2 nitrogen and oxygen atoms in total. The summed E-state index contributed by atoms with van der Waals surface area (Å²) >= 11 is 0. The monoisotopic (exact) mass is 705 g/mol. The molecule has 6 aromatic rings. The van der Waals surface area contributed by atoms with Crippen LogP contribution in [-0.4, -0.2) is 10.8 Å². The summed E-state index contributed by atoms with van der Waals surface area (Å²) < 4.78 is 0. The molecule has 0 heterocycles. The Morgan fingerprint density at radius 2 is 1.04 bits per heavy atom. The molecule has 1 aliphatic rings. The van der Waals surface area contributed by atoms with Gasteiger partial charge in [-0.1, -0.05) is 125 Å². The number of nitrogens with zero attached hydrogens (tertiary/aromatic N) is 1. The van der Waals surface area contributed by atoms with Crippen LogP contribution in [-0.2, 0) is 38.2 Å². The third-order valence-corrected chi connectivity index (χ3v) is 8.55. The summed E-state index contributed by atoms with van der Waals surface area (Å²) in [6.07, 6.45) is 0.487. The summed E-state index contributed by atoms with van der Waals surface area (Å²) in [4.78, 5) is 5.36. The summed E-state index contributed by atoms with van der Waals surface area (Å²) in [7, 11) is 0. The second-order valence-corrected chi connectivity index (χ2v) is 12.8. The zero-order valence-electron chi connectivity index (χ0n) is 28.5. The Bertz CT molecular complexity index is 1860.